The van der Waals surface area contributed by atoms with E-state index in [9.17, 15) is 15.0 Å². The van der Waals surface area contributed by atoms with Crippen LogP contribution in [-0.2, 0) is 18.0 Å². The van der Waals surface area contributed by atoms with Gasteiger partial charge in [-0.2, -0.15) is 0 Å². The molecule has 4 N–H and O–H groups in total. The van der Waals surface area contributed by atoms with Crippen molar-refractivity contribution in [2.24, 2.45) is 4.99 Å². The SMILES string of the molecule is C[C@]1(C(=O)O)CSC(c2cc(CO)c(CO)cc2O)=N1. The number of phenolic OH excluding ortho intramolecular Hbond substituents is 1. The summed E-state index contributed by atoms with van der Waals surface area (Å²) in [5.74, 6) is -0.825. The molecule has 20 heavy (non-hydrogen) atoms. The van der Waals surface area contributed by atoms with Gasteiger partial charge in [0, 0.05) is 11.3 Å². The monoisotopic (exact) mass is 297 g/mol. The van der Waals surface area contributed by atoms with E-state index in [4.69, 9.17) is 10.2 Å². The molecule has 7 heteroatoms. The van der Waals surface area contributed by atoms with Crippen molar-refractivity contribution in [2.45, 2.75) is 25.7 Å². The van der Waals surface area contributed by atoms with Crippen molar-refractivity contribution < 1.29 is 25.2 Å². The number of hydrogen-bond donors (Lipinski definition) is 4. The summed E-state index contributed by atoms with van der Waals surface area (Å²) in [4.78, 5) is 15.3. The van der Waals surface area contributed by atoms with Crippen molar-refractivity contribution in [3.05, 3.63) is 28.8 Å². The third-order valence-electron chi connectivity index (χ3n) is 3.19. The molecule has 1 heterocycles. The van der Waals surface area contributed by atoms with Crippen LogP contribution in [0.4, 0.5) is 0 Å². The van der Waals surface area contributed by atoms with E-state index < -0.39 is 11.5 Å². The number of benzene rings is 1. The van der Waals surface area contributed by atoms with Crippen LogP contribution in [-0.4, -0.2) is 42.7 Å². The van der Waals surface area contributed by atoms with Crippen LogP contribution in [0.3, 0.4) is 0 Å². The van der Waals surface area contributed by atoms with E-state index in [-0.39, 0.29) is 24.7 Å². The second kappa shape index (κ2) is 5.43. The Morgan fingerprint density at radius 1 is 1.35 bits per heavy atom. The molecule has 1 aromatic carbocycles. The molecule has 108 valence electrons. The molecule has 6 nitrogen and oxygen atoms in total. The fourth-order valence-corrected chi connectivity index (χ4v) is 3.08. The van der Waals surface area contributed by atoms with Gasteiger partial charge in [-0.15, -0.1) is 11.8 Å². The summed E-state index contributed by atoms with van der Waals surface area (Å²) in [5, 5.41) is 37.9. The standard InChI is InChI=1S/C13H15NO5S/c1-13(12(18)19)6-20-11(14-13)9-2-7(4-15)8(5-16)3-10(9)17/h2-3,15-17H,4-6H2,1H3,(H,18,19)/t13-/m1/s1. The maximum Gasteiger partial charge on any atom is 0.332 e. The Labute approximate surface area is 119 Å². The molecule has 0 saturated carbocycles. The lowest BCUT2D eigenvalue weighted by molar-refractivity contribution is -0.141. The molecule has 0 aromatic heterocycles. The van der Waals surface area contributed by atoms with Gasteiger partial charge in [0.1, 0.15) is 10.8 Å². The molecular weight excluding hydrogens is 282 g/mol. The highest BCUT2D eigenvalue weighted by Gasteiger charge is 2.39. The number of aromatic hydroxyl groups is 1. The maximum absolute atomic E-state index is 11.2. The minimum Gasteiger partial charge on any atom is -0.507 e. The molecule has 2 rings (SSSR count). The van der Waals surface area contributed by atoms with E-state index in [0.29, 0.717) is 21.7 Å². The van der Waals surface area contributed by atoms with Crippen LogP contribution < -0.4 is 0 Å². The Morgan fingerprint density at radius 2 is 1.95 bits per heavy atom. The fourth-order valence-electron chi connectivity index (χ4n) is 1.89. The molecule has 0 amide bonds. The van der Waals surface area contributed by atoms with Crippen LogP contribution in [0.25, 0.3) is 0 Å². The van der Waals surface area contributed by atoms with Crippen molar-refractivity contribution in [2.75, 3.05) is 5.75 Å². The highest BCUT2D eigenvalue weighted by molar-refractivity contribution is 8.14. The Balaban J connectivity index is 2.47. The van der Waals surface area contributed by atoms with Gasteiger partial charge in [-0.1, -0.05) is 0 Å². The number of carboxylic acids is 1. The van der Waals surface area contributed by atoms with E-state index in [1.807, 2.05) is 0 Å². The molecule has 1 aliphatic rings. The van der Waals surface area contributed by atoms with Gasteiger partial charge in [0.25, 0.3) is 0 Å². The number of nitrogens with zero attached hydrogens (tertiary/aromatic N) is 1. The van der Waals surface area contributed by atoms with Crippen LogP contribution in [0.5, 0.6) is 5.75 Å². The third kappa shape index (κ3) is 2.52. The van der Waals surface area contributed by atoms with Gasteiger partial charge < -0.3 is 20.4 Å². The lowest BCUT2D eigenvalue weighted by Crippen LogP contribution is -2.33. The Bertz CT molecular complexity index is 586. The van der Waals surface area contributed by atoms with E-state index in [2.05, 4.69) is 4.99 Å². The second-order valence-electron chi connectivity index (χ2n) is 4.74. The highest BCUT2D eigenvalue weighted by atomic mass is 32.2. The fraction of sp³-hybridized carbons (Fsp3) is 0.385. The number of hydrogen-bond acceptors (Lipinski definition) is 6. The first-order valence-corrected chi connectivity index (χ1v) is 6.92. The molecule has 1 aliphatic heterocycles. The van der Waals surface area contributed by atoms with Gasteiger partial charge in [-0.25, -0.2) is 4.79 Å². The number of thioether (sulfide) groups is 1. The number of aliphatic carboxylic acids is 1. The number of carbonyl (C=O) groups is 1. The first-order valence-electron chi connectivity index (χ1n) is 5.94. The summed E-state index contributed by atoms with van der Waals surface area (Å²) in [6.07, 6.45) is 0. The normalized spacial score (nSPS) is 21.9. The van der Waals surface area contributed by atoms with Crippen molar-refractivity contribution in [1.82, 2.24) is 0 Å². The average Bonchev–Trinajstić information content (AvgIpc) is 2.82. The maximum atomic E-state index is 11.2. The smallest absolute Gasteiger partial charge is 0.332 e. The molecule has 0 aliphatic carbocycles. The summed E-state index contributed by atoms with van der Waals surface area (Å²) < 4.78 is 0. The van der Waals surface area contributed by atoms with Gasteiger partial charge in [0.15, 0.2) is 5.54 Å². The van der Waals surface area contributed by atoms with E-state index in [0.717, 1.165) is 0 Å². The first kappa shape index (κ1) is 14.8. The largest absolute Gasteiger partial charge is 0.507 e. The number of rotatable bonds is 4. The van der Waals surface area contributed by atoms with E-state index in [1.165, 1.54) is 30.8 Å². The van der Waals surface area contributed by atoms with Gasteiger partial charge in [-0.05, 0) is 30.2 Å². The molecule has 1 atom stereocenters. The molecule has 0 bridgehead atoms. The minimum atomic E-state index is -1.21. The van der Waals surface area contributed by atoms with Gasteiger partial charge in [0.2, 0.25) is 0 Å². The Hall–Kier alpha value is -1.57. The van der Waals surface area contributed by atoms with Crippen molar-refractivity contribution >= 4 is 22.8 Å². The van der Waals surface area contributed by atoms with Crippen LogP contribution >= 0.6 is 11.8 Å². The lowest BCUT2D eigenvalue weighted by Gasteiger charge is -2.12. The Kier molecular flexibility index (Phi) is 4.03. The summed E-state index contributed by atoms with van der Waals surface area (Å²) >= 11 is 1.24. The lowest BCUT2D eigenvalue weighted by atomic mass is 10.0. The number of aliphatic imine (C=N–C) groups is 1. The summed E-state index contributed by atoms with van der Waals surface area (Å²) in [6, 6.07) is 2.89. The molecule has 0 unspecified atom stereocenters. The van der Waals surface area contributed by atoms with Crippen molar-refractivity contribution in [1.29, 1.82) is 0 Å². The molecule has 1 aromatic rings. The van der Waals surface area contributed by atoms with Crippen molar-refractivity contribution in [3.8, 4) is 5.75 Å². The Morgan fingerprint density at radius 3 is 2.45 bits per heavy atom. The molecule has 0 fully saturated rings. The number of carboxylic acid groups (broad SMARTS) is 1. The van der Waals surface area contributed by atoms with Crippen LogP contribution in [0, 0.1) is 0 Å². The molecule has 0 radical (unpaired) electrons. The topological polar surface area (TPSA) is 110 Å². The zero-order valence-corrected chi connectivity index (χ0v) is 11.6. The quantitative estimate of drug-likeness (QED) is 0.651. The predicted molar refractivity (Wildman–Crippen MR) is 75.0 cm³/mol. The average molecular weight is 297 g/mol. The van der Waals surface area contributed by atoms with Gasteiger partial charge in [-0.3, -0.25) is 4.99 Å². The summed E-state index contributed by atoms with van der Waals surface area (Å²) in [5.41, 5.74) is 0.0775. The summed E-state index contributed by atoms with van der Waals surface area (Å²) in [6.45, 7) is 0.939. The summed E-state index contributed by atoms with van der Waals surface area (Å²) in [7, 11) is 0. The minimum absolute atomic E-state index is 0.0906. The zero-order chi connectivity index (χ0) is 14.9. The zero-order valence-electron chi connectivity index (χ0n) is 10.8. The third-order valence-corrected chi connectivity index (χ3v) is 4.48. The molecule has 0 saturated heterocycles. The van der Waals surface area contributed by atoms with Crippen LogP contribution in [0.2, 0.25) is 0 Å². The van der Waals surface area contributed by atoms with Crippen molar-refractivity contribution in [3.63, 3.8) is 0 Å². The van der Waals surface area contributed by atoms with Gasteiger partial charge >= 0.3 is 5.97 Å². The number of aliphatic hydroxyl groups excluding tert-OH is 2. The van der Waals surface area contributed by atoms with Gasteiger partial charge in [0.05, 0.1) is 13.2 Å². The first-order chi connectivity index (χ1) is 9.41. The molecular formula is C13H15NO5S. The van der Waals surface area contributed by atoms with Crippen LogP contribution in [0.1, 0.15) is 23.6 Å². The second-order valence-corrected chi connectivity index (χ2v) is 5.70. The van der Waals surface area contributed by atoms with E-state index in [1.54, 1.807) is 0 Å². The van der Waals surface area contributed by atoms with E-state index >= 15 is 0 Å². The predicted octanol–water partition coefficient (Wildman–Crippen LogP) is 0.713. The number of phenols is 1. The highest BCUT2D eigenvalue weighted by Crippen LogP contribution is 2.35. The molecule has 0 spiro atoms. The van der Waals surface area contributed by atoms with Crippen LogP contribution in [0.15, 0.2) is 17.1 Å². The number of aliphatic hydroxyl groups is 2.